The molecule has 0 radical (unpaired) electrons. The zero-order valence-electron chi connectivity index (χ0n) is 47.8. The number of carboxylic acid groups (broad SMARTS) is 2. The van der Waals surface area contributed by atoms with Crippen LogP contribution >= 0.6 is 23.5 Å². The van der Waals surface area contributed by atoms with Gasteiger partial charge in [-0.3, -0.25) is 9.59 Å². The van der Waals surface area contributed by atoms with E-state index in [4.69, 9.17) is 57.8 Å². The summed E-state index contributed by atoms with van der Waals surface area (Å²) in [5.41, 5.74) is 5.64. The molecule has 89 heavy (non-hydrogen) atoms. The first-order valence-corrected chi connectivity index (χ1v) is 31.2. The molecule has 6 saturated heterocycles. The molecule has 36 nitrogen and oxygen atoms in total. The first-order valence-electron chi connectivity index (χ1n) is 28.9. The average Bonchev–Trinajstić information content (AvgIpc) is 1.14. The fourth-order valence-electron chi connectivity index (χ4n) is 11.9. The maximum absolute atomic E-state index is 11.7. The van der Waals surface area contributed by atoms with E-state index >= 15 is 0 Å². The van der Waals surface area contributed by atoms with Gasteiger partial charge in [0.1, 0.15) is 134 Å². The molecule has 518 valence electrons. The Kier molecular flexibility index (Phi) is 28.0. The largest absolute Gasteiger partial charge is 0.481 e. The minimum atomic E-state index is -2.23. The lowest BCUT2D eigenvalue weighted by molar-refractivity contribution is -0.393. The molecule has 0 aromatic heterocycles. The molecule has 1 saturated carbocycles. The number of aliphatic hydroxyl groups excluding tert-OH is 20. The first-order chi connectivity index (χ1) is 42.1. The van der Waals surface area contributed by atoms with Gasteiger partial charge in [-0.2, -0.15) is 23.5 Å². The molecule has 7 aliphatic rings. The van der Waals surface area contributed by atoms with Gasteiger partial charge in [0, 0.05) is 23.2 Å². The van der Waals surface area contributed by atoms with Crippen molar-refractivity contribution >= 4 is 35.5 Å². The van der Waals surface area contributed by atoms with E-state index < -0.39 is 265 Å². The van der Waals surface area contributed by atoms with Crippen LogP contribution in [0.1, 0.15) is 19.8 Å². The monoisotopic (exact) mass is 1340 g/mol. The van der Waals surface area contributed by atoms with Crippen molar-refractivity contribution in [1.82, 2.24) is 0 Å². The molecule has 0 amide bonds. The number of rotatable bonds is 27. The molecule has 7 rings (SSSR count). The highest BCUT2D eigenvalue weighted by Crippen LogP contribution is 2.43. The molecule has 0 bridgehead atoms. The Bertz CT molecular complexity index is 2170. The van der Waals surface area contributed by atoms with Crippen molar-refractivity contribution in [2.45, 2.75) is 216 Å². The topological polar surface area (TPSA) is 607 Å². The van der Waals surface area contributed by atoms with Gasteiger partial charge in [0.2, 0.25) is 0 Å². The van der Waals surface area contributed by atoms with Crippen LogP contribution in [0.5, 0.6) is 0 Å². The van der Waals surface area contributed by atoms with Crippen LogP contribution in [-0.4, -0.2) is 383 Å². The van der Waals surface area contributed by atoms with Gasteiger partial charge in [-0.1, -0.05) is 6.92 Å². The second kappa shape index (κ2) is 33.4. The van der Waals surface area contributed by atoms with Crippen molar-refractivity contribution in [2.75, 3.05) is 62.7 Å². The number of hydrogen-bond acceptors (Lipinski definition) is 36. The summed E-state index contributed by atoms with van der Waals surface area (Å²) >= 11 is 2.01. The number of thioether (sulfide) groups is 2. The molecule has 36 atom stereocenters. The van der Waals surface area contributed by atoms with Crippen molar-refractivity contribution < 1.29 is 174 Å². The Morgan fingerprint density at radius 1 is 0.427 bits per heavy atom. The second-order valence-electron chi connectivity index (χ2n) is 23.4. The molecule has 7 fully saturated rings. The zero-order valence-corrected chi connectivity index (χ0v) is 49.4. The van der Waals surface area contributed by atoms with Crippen LogP contribution in [0.15, 0.2) is 0 Å². The summed E-state index contributed by atoms with van der Waals surface area (Å²) in [6.07, 6.45) is -57.0. The number of aliphatic carboxylic acids is 2. The number of ether oxygens (including phenoxy) is 11. The predicted molar refractivity (Wildman–Crippen MR) is 290 cm³/mol. The van der Waals surface area contributed by atoms with Crippen molar-refractivity contribution in [1.29, 1.82) is 0 Å². The maximum Gasteiger partial charge on any atom is 0.321 e. The minimum absolute atomic E-state index is 0.0268. The Balaban J connectivity index is 0.991. The third kappa shape index (κ3) is 17.1. The second-order valence-corrected chi connectivity index (χ2v) is 25.5. The van der Waals surface area contributed by atoms with Crippen molar-refractivity contribution in [3.05, 3.63) is 0 Å². The van der Waals surface area contributed by atoms with E-state index in [-0.39, 0.29) is 42.5 Å². The number of nitrogens with two attached hydrogens (primary N) is 1. The van der Waals surface area contributed by atoms with E-state index in [0.29, 0.717) is 0 Å². The van der Waals surface area contributed by atoms with E-state index in [1.54, 1.807) is 0 Å². The number of carbonyl (C=O) groups is 2. The fourth-order valence-corrected chi connectivity index (χ4v) is 14.2. The molecule has 6 aliphatic heterocycles. The van der Waals surface area contributed by atoms with Crippen LogP contribution in [0.3, 0.4) is 0 Å². The van der Waals surface area contributed by atoms with E-state index in [9.17, 15) is 122 Å². The summed E-state index contributed by atoms with van der Waals surface area (Å²) in [4.78, 5) is 23.1. The van der Waals surface area contributed by atoms with Crippen LogP contribution in [0, 0.1) is 23.7 Å². The number of hydrogen-bond donors (Lipinski definition) is 23. The SMILES string of the molecule is C[C@H](CSCC1C[C@H](C[C@@H]2C(CO)OC[C@@H](O)C2O)C(O)[C@@H](O)[C@@H]1O[C@H]1OC(CO)[C@@H](O[C@H]2OC(CO)[C@@H](O[C@H]3OC(CO)[C@@H](O[C@H]4OC(CSC[C@@H](N)C(=O)O)[C@@H](O[C@H]5OC(CO)[C@@H](O)C(O)[C@@H]5O)C(O)[C@@H]4O)C(O)[C@@H]3O)[C@H](O)C2O)[C@H](O)C1O)C(=O)O. The molecule has 1 aliphatic carbocycles. The van der Waals surface area contributed by atoms with Gasteiger partial charge in [-0.25, -0.2) is 0 Å². The normalized spacial score (nSPS) is 48.2. The summed E-state index contributed by atoms with van der Waals surface area (Å²) in [5.74, 6) is -6.17. The van der Waals surface area contributed by atoms with Gasteiger partial charge in [-0.15, -0.1) is 0 Å². The van der Waals surface area contributed by atoms with Crippen LogP contribution < -0.4 is 5.73 Å². The Morgan fingerprint density at radius 3 is 1.21 bits per heavy atom. The molecule has 0 aromatic carbocycles. The molecule has 0 spiro atoms. The lowest BCUT2D eigenvalue weighted by Crippen LogP contribution is -2.68. The molecule has 6 heterocycles. The van der Waals surface area contributed by atoms with Crippen LogP contribution in [0.25, 0.3) is 0 Å². The van der Waals surface area contributed by atoms with Gasteiger partial charge >= 0.3 is 11.9 Å². The quantitative estimate of drug-likeness (QED) is 0.0363. The molecular formula is C51H87NO35S2. The minimum Gasteiger partial charge on any atom is -0.481 e. The van der Waals surface area contributed by atoms with Crippen LogP contribution in [0.4, 0.5) is 0 Å². The lowest BCUT2D eigenvalue weighted by atomic mass is 9.70. The van der Waals surface area contributed by atoms with Gasteiger partial charge < -0.3 is 170 Å². The summed E-state index contributed by atoms with van der Waals surface area (Å²) in [7, 11) is 0. The van der Waals surface area contributed by atoms with Crippen LogP contribution in [-0.2, 0) is 61.7 Å². The van der Waals surface area contributed by atoms with Gasteiger partial charge in [-0.05, 0) is 30.4 Å². The van der Waals surface area contributed by atoms with Crippen LogP contribution in [0.2, 0.25) is 0 Å². The average molecular weight is 1340 g/mol. The van der Waals surface area contributed by atoms with Gasteiger partial charge in [0.15, 0.2) is 31.5 Å². The molecular weight excluding hydrogens is 1250 g/mol. The lowest BCUT2D eigenvalue weighted by Gasteiger charge is -2.50. The number of aliphatic hydroxyl groups is 20. The molecule has 14 unspecified atom stereocenters. The van der Waals surface area contributed by atoms with Crippen molar-refractivity contribution in [3.8, 4) is 0 Å². The van der Waals surface area contributed by atoms with Gasteiger partial charge in [0.25, 0.3) is 0 Å². The summed E-state index contributed by atoms with van der Waals surface area (Å²) in [6.45, 7) is -3.33. The standard InChI is InChI=1S/C51H87NO35S2/c1-14(45(73)74)10-88-11-16-2-15(3-17-20(4-53)77-9-19(58)27(17)60)26(59)30(63)40(16)83-48-36(69)31(64)41(22(6-55)79-48)84-49-37(70)32(65)42(23(7-56)80-49)85-50-38(71)33(66)43(24(8-57)81-50)86-51-39(72)34(67)44(25(82-51)13-89-12-18(52)46(75)76)87-47-35(68)29(62)28(61)21(5-54)78-47/h14-44,47-51,53-72H,2-13,52H2,1H3,(H,73,74)(H,75,76)/t14-,15-,16?,17-,18-,19-,20?,21?,22?,23?,24?,25?,26?,27?,28-,29?,30-,31-,32-,33?,34?,35+,36?,37?,38+,39+,40-,41-,42-,43-,44-,47-,48-,49-,50-,51-/m1/s1. The van der Waals surface area contributed by atoms with E-state index in [0.717, 1.165) is 23.5 Å². The molecule has 24 N–H and O–H groups in total. The Hall–Kier alpha value is -1.64. The first kappa shape index (κ1) is 74.8. The highest BCUT2D eigenvalue weighted by atomic mass is 32.2. The van der Waals surface area contributed by atoms with E-state index in [2.05, 4.69) is 0 Å². The predicted octanol–water partition coefficient (Wildman–Crippen LogP) is -12.4. The highest BCUT2D eigenvalue weighted by molar-refractivity contribution is 7.99. The summed E-state index contributed by atoms with van der Waals surface area (Å²) in [6, 6.07) is -1.40. The Morgan fingerprint density at radius 2 is 0.798 bits per heavy atom. The van der Waals surface area contributed by atoms with E-state index in [1.807, 2.05) is 0 Å². The summed E-state index contributed by atoms with van der Waals surface area (Å²) in [5, 5.41) is 237. The molecule has 0 aromatic rings. The highest BCUT2D eigenvalue weighted by Gasteiger charge is 2.58. The maximum atomic E-state index is 11.7. The van der Waals surface area contributed by atoms with Crippen molar-refractivity contribution in [2.24, 2.45) is 29.4 Å². The number of carboxylic acids is 2. The Labute approximate surface area is 516 Å². The smallest absolute Gasteiger partial charge is 0.321 e. The fraction of sp³-hybridized carbons (Fsp3) is 0.961. The van der Waals surface area contributed by atoms with Gasteiger partial charge in [0.05, 0.1) is 76.1 Å². The van der Waals surface area contributed by atoms with E-state index in [1.165, 1.54) is 6.92 Å². The third-order valence-corrected chi connectivity index (χ3v) is 19.8. The van der Waals surface area contributed by atoms with Crippen molar-refractivity contribution in [3.63, 3.8) is 0 Å². The third-order valence-electron chi connectivity index (χ3n) is 17.2. The zero-order chi connectivity index (χ0) is 65.6. The molecule has 38 heteroatoms. The summed E-state index contributed by atoms with van der Waals surface area (Å²) < 4.78 is 63.4.